The molecule has 30 heavy (non-hydrogen) atoms. The van der Waals surface area contributed by atoms with Gasteiger partial charge in [0.2, 0.25) is 0 Å². The van der Waals surface area contributed by atoms with Crippen molar-refractivity contribution in [2.75, 3.05) is 14.2 Å². The maximum Gasteiger partial charge on any atom is 0.160 e. The average molecular weight is 415 g/mol. The van der Waals surface area contributed by atoms with Crippen LogP contribution in [0, 0.1) is 5.92 Å². The highest BCUT2D eigenvalue weighted by Gasteiger charge is 2.22. The van der Waals surface area contributed by atoms with Crippen molar-refractivity contribution in [3.63, 3.8) is 0 Å². The SMILES string of the molecule is COc1ccc(CCCc2oc(C(C)C)c(CC(C)C)c2CCC(C)=O)cc1OC. The van der Waals surface area contributed by atoms with Crippen LogP contribution in [-0.4, -0.2) is 20.0 Å². The number of carbonyl (C=O) groups excluding carboxylic acids is 1. The molecule has 0 atom stereocenters. The second kappa shape index (κ2) is 11.2. The molecular weight excluding hydrogens is 376 g/mol. The Bertz CT molecular complexity index is 830. The van der Waals surface area contributed by atoms with Gasteiger partial charge in [-0.2, -0.15) is 0 Å². The number of ether oxygens (including phenoxy) is 2. The number of benzene rings is 1. The molecule has 0 N–H and O–H groups in total. The smallest absolute Gasteiger partial charge is 0.160 e. The van der Waals surface area contributed by atoms with Crippen molar-refractivity contribution in [3.05, 3.63) is 46.4 Å². The first-order valence-electron chi connectivity index (χ1n) is 11.1. The molecule has 0 spiro atoms. The first-order valence-corrected chi connectivity index (χ1v) is 11.1. The van der Waals surface area contributed by atoms with Crippen molar-refractivity contribution in [3.8, 4) is 11.5 Å². The maximum absolute atomic E-state index is 11.7. The first-order chi connectivity index (χ1) is 14.3. The van der Waals surface area contributed by atoms with E-state index in [0.29, 0.717) is 18.3 Å². The van der Waals surface area contributed by atoms with Crippen LogP contribution in [0.4, 0.5) is 0 Å². The van der Waals surface area contributed by atoms with Gasteiger partial charge in [0.05, 0.1) is 14.2 Å². The van der Waals surface area contributed by atoms with E-state index in [0.717, 1.165) is 55.1 Å². The van der Waals surface area contributed by atoms with Gasteiger partial charge in [-0.1, -0.05) is 33.8 Å². The molecule has 0 aliphatic heterocycles. The van der Waals surface area contributed by atoms with E-state index in [1.807, 2.05) is 12.1 Å². The van der Waals surface area contributed by atoms with Gasteiger partial charge in [0.15, 0.2) is 11.5 Å². The zero-order valence-corrected chi connectivity index (χ0v) is 19.8. The number of methoxy groups -OCH3 is 2. The second-order valence-electron chi connectivity index (χ2n) is 8.84. The van der Waals surface area contributed by atoms with Crippen LogP contribution in [0.2, 0.25) is 0 Å². The lowest BCUT2D eigenvalue weighted by Crippen LogP contribution is -2.04. The summed E-state index contributed by atoms with van der Waals surface area (Å²) in [7, 11) is 3.31. The summed E-state index contributed by atoms with van der Waals surface area (Å²) in [6, 6.07) is 6.09. The molecule has 0 fully saturated rings. The zero-order chi connectivity index (χ0) is 22.3. The van der Waals surface area contributed by atoms with Gasteiger partial charge >= 0.3 is 0 Å². The van der Waals surface area contributed by atoms with E-state index >= 15 is 0 Å². The summed E-state index contributed by atoms with van der Waals surface area (Å²) in [5.41, 5.74) is 3.83. The minimum absolute atomic E-state index is 0.231. The Morgan fingerprint density at radius 2 is 1.67 bits per heavy atom. The van der Waals surface area contributed by atoms with Gasteiger partial charge in [0, 0.05) is 18.8 Å². The molecule has 4 heteroatoms. The fourth-order valence-corrected chi connectivity index (χ4v) is 3.95. The van der Waals surface area contributed by atoms with Crippen molar-refractivity contribution in [1.82, 2.24) is 0 Å². The van der Waals surface area contributed by atoms with E-state index in [9.17, 15) is 4.79 Å². The second-order valence-corrected chi connectivity index (χ2v) is 8.84. The Labute approximate surface area is 182 Å². The van der Waals surface area contributed by atoms with Crippen LogP contribution in [-0.2, 0) is 30.5 Å². The molecule has 1 heterocycles. The minimum Gasteiger partial charge on any atom is -0.493 e. The van der Waals surface area contributed by atoms with E-state index in [-0.39, 0.29) is 5.78 Å². The van der Waals surface area contributed by atoms with Gasteiger partial charge in [0.1, 0.15) is 17.3 Å². The lowest BCUT2D eigenvalue weighted by molar-refractivity contribution is -0.116. The van der Waals surface area contributed by atoms with Crippen molar-refractivity contribution >= 4 is 5.78 Å². The first kappa shape index (κ1) is 24.0. The van der Waals surface area contributed by atoms with E-state index in [4.69, 9.17) is 13.9 Å². The zero-order valence-electron chi connectivity index (χ0n) is 19.8. The van der Waals surface area contributed by atoms with Gasteiger partial charge in [-0.15, -0.1) is 0 Å². The van der Waals surface area contributed by atoms with Crippen LogP contribution in [0.25, 0.3) is 0 Å². The summed E-state index contributed by atoms with van der Waals surface area (Å²) in [5, 5.41) is 0. The van der Waals surface area contributed by atoms with Crippen molar-refractivity contribution < 1.29 is 18.7 Å². The maximum atomic E-state index is 11.7. The number of hydrogen-bond acceptors (Lipinski definition) is 4. The molecule has 0 amide bonds. The molecule has 166 valence electrons. The van der Waals surface area contributed by atoms with Crippen molar-refractivity contribution in [2.45, 2.75) is 79.1 Å². The third kappa shape index (κ3) is 6.38. The van der Waals surface area contributed by atoms with Gasteiger partial charge in [0.25, 0.3) is 0 Å². The Hall–Kier alpha value is -2.23. The molecule has 0 unspecified atom stereocenters. The van der Waals surface area contributed by atoms with E-state index in [1.165, 1.54) is 16.7 Å². The number of carbonyl (C=O) groups is 1. The lowest BCUT2D eigenvalue weighted by Gasteiger charge is -2.11. The Morgan fingerprint density at radius 1 is 0.967 bits per heavy atom. The highest BCUT2D eigenvalue weighted by atomic mass is 16.5. The van der Waals surface area contributed by atoms with Gasteiger partial charge in [-0.25, -0.2) is 0 Å². The topological polar surface area (TPSA) is 48.7 Å². The van der Waals surface area contributed by atoms with Crippen LogP contribution in [0.3, 0.4) is 0 Å². The molecule has 2 aromatic rings. The standard InChI is InChI=1S/C26H38O4/c1-17(2)15-22-21(13-11-19(5)27)23(30-26(22)18(3)4)10-8-9-20-12-14-24(28-6)25(16-20)29-7/h12,14,16-18H,8-11,13,15H2,1-7H3. The molecule has 0 aliphatic rings. The summed E-state index contributed by atoms with van der Waals surface area (Å²) >= 11 is 0. The molecule has 2 rings (SSSR count). The summed E-state index contributed by atoms with van der Waals surface area (Å²) in [5.74, 6) is 4.80. The van der Waals surface area contributed by atoms with Crippen molar-refractivity contribution in [1.29, 1.82) is 0 Å². The third-order valence-electron chi connectivity index (χ3n) is 5.41. The number of aryl methyl sites for hydroxylation is 2. The van der Waals surface area contributed by atoms with Crippen LogP contribution in [0.15, 0.2) is 22.6 Å². The van der Waals surface area contributed by atoms with Gasteiger partial charge in [-0.05, 0) is 67.3 Å². The number of ketones is 1. The lowest BCUT2D eigenvalue weighted by atomic mass is 9.91. The molecule has 0 saturated carbocycles. The normalized spacial score (nSPS) is 11.4. The molecule has 1 aromatic heterocycles. The fourth-order valence-electron chi connectivity index (χ4n) is 3.95. The van der Waals surface area contributed by atoms with Crippen molar-refractivity contribution in [2.24, 2.45) is 5.92 Å². The Balaban J connectivity index is 2.21. The predicted molar refractivity (Wildman–Crippen MR) is 122 cm³/mol. The van der Waals surface area contributed by atoms with Crippen LogP contribution >= 0.6 is 0 Å². The van der Waals surface area contributed by atoms with Gasteiger partial charge in [-0.3, -0.25) is 0 Å². The number of rotatable bonds is 12. The predicted octanol–water partition coefficient (Wildman–Crippen LogP) is 6.32. The molecule has 0 radical (unpaired) electrons. The number of Topliss-reactive ketones (excluding diaryl/α,β-unsaturated/α-hetero) is 1. The summed E-state index contributed by atoms with van der Waals surface area (Å²) < 4.78 is 17.2. The summed E-state index contributed by atoms with van der Waals surface area (Å²) in [6.45, 7) is 10.5. The van der Waals surface area contributed by atoms with E-state index < -0.39 is 0 Å². The summed E-state index contributed by atoms with van der Waals surface area (Å²) in [4.78, 5) is 11.7. The van der Waals surface area contributed by atoms with E-state index in [2.05, 4.69) is 33.8 Å². The quantitative estimate of drug-likeness (QED) is 0.408. The van der Waals surface area contributed by atoms with Crippen LogP contribution in [0.5, 0.6) is 11.5 Å². The Kier molecular flexibility index (Phi) is 9.01. The molecular formula is C26H38O4. The molecule has 4 nitrogen and oxygen atoms in total. The third-order valence-corrected chi connectivity index (χ3v) is 5.41. The number of hydrogen-bond donors (Lipinski definition) is 0. The minimum atomic E-state index is 0.231. The largest absolute Gasteiger partial charge is 0.493 e. The van der Waals surface area contributed by atoms with E-state index in [1.54, 1.807) is 21.1 Å². The summed E-state index contributed by atoms with van der Waals surface area (Å²) in [6.07, 6.45) is 5.14. The number of furan rings is 1. The fraction of sp³-hybridized carbons (Fsp3) is 0.577. The monoisotopic (exact) mass is 414 g/mol. The van der Waals surface area contributed by atoms with Crippen LogP contribution < -0.4 is 9.47 Å². The molecule has 0 aliphatic carbocycles. The molecule has 0 bridgehead atoms. The Morgan fingerprint density at radius 3 is 2.23 bits per heavy atom. The highest BCUT2D eigenvalue weighted by molar-refractivity contribution is 5.75. The molecule has 0 saturated heterocycles. The van der Waals surface area contributed by atoms with Crippen LogP contribution in [0.1, 0.15) is 81.6 Å². The highest BCUT2D eigenvalue weighted by Crippen LogP contribution is 2.33. The average Bonchev–Trinajstić information content (AvgIpc) is 3.03. The molecule has 1 aromatic carbocycles. The van der Waals surface area contributed by atoms with Gasteiger partial charge < -0.3 is 18.7 Å².